The highest BCUT2D eigenvalue weighted by atomic mass is 35.5. The number of hydrogen-bond donors (Lipinski definition) is 0. The molecule has 0 fully saturated rings. The van der Waals surface area contributed by atoms with Crippen LogP contribution in [0.4, 0.5) is 5.69 Å². The number of hydrogen-bond acceptors (Lipinski definition) is 4. The number of sulfonamides is 1. The molecule has 0 unspecified atom stereocenters. The van der Waals surface area contributed by atoms with Gasteiger partial charge in [-0.25, -0.2) is 8.42 Å². The van der Waals surface area contributed by atoms with Gasteiger partial charge in [0.05, 0.1) is 17.1 Å². The van der Waals surface area contributed by atoms with Gasteiger partial charge in [-0.15, -0.1) is 0 Å². The van der Waals surface area contributed by atoms with E-state index in [1.54, 1.807) is 30.3 Å². The van der Waals surface area contributed by atoms with Crippen LogP contribution in [0.15, 0.2) is 77.7 Å². The van der Waals surface area contributed by atoms with Crippen molar-refractivity contribution in [2.45, 2.75) is 11.4 Å². The van der Waals surface area contributed by atoms with Crippen LogP contribution in [0.2, 0.25) is 5.02 Å². The number of rotatable bonds is 5. The number of halogens is 1. The van der Waals surface area contributed by atoms with Crippen molar-refractivity contribution in [2.75, 3.05) is 17.5 Å². The molecule has 0 radical (unpaired) electrons. The van der Waals surface area contributed by atoms with Crippen molar-refractivity contribution in [3.63, 3.8) is 0 Å². The smallest absolute Gasteiger partial charge is 0.264 e. The number of nitrogens with zero attached hydrogens (tertiary/aromatic N) is 1. The Morgan fingerprint density at radius 1 is 0.857 bits per heavy atom. The van der Waals surface area contributed by atoms with Crippen molar-refractivity contribution >= 4 is 27.3 Å². The van der Waals surface area contributed by atoms with Crippen LogP contribution in [0.25, 0.3) is 0 Å². The van der Waals surface area contributed by atoms with Crippen LogP contribution in [-0.2, 0) is 16.6 Å². The van der Waals surface area contributed by atoms with Crippen LogP contribution >= 0.6 is 11.6 Å². The minimum absolute atomic E-state index is 0.132. The quantitative estimate of drug-likeness (QED) is 0.615. The van der Waals surface area contributed by atoms with Gasteiger partial charge in [0.25, 0.3) is 10.0 Å². The molecule has 3 aromatic rings. The second-order valence-corrected chi connectivity index (χ2v) is 8.58. The molecule has 0 saturated carbocycles. The fourth-order valence-corrected chi connectivity index (χ4v) is 4.65. The van der Waals surface area contributed by atoms with Crippen molar-refractivity contribution in [1.29, 1.82) is 0 Å². The Morgan fingerprint density at radius 3 is 2.36 bits per heavy atom. The van der Waals surface area contributed by atoms with E-state index >= 15 is 0 Å². The van der Waals surface area contributed by atoms with Crippen LogP contribution in [0.1, 0.15) is 5.56 Å². The van der Waals surface area contributed by atoms with Gasteiger partial charge in [-0.05, 0) is 35.9 Å². The molecule has 0 aliphatic carbocycles. The molecule has 1 aliphatic rings. The molecule has 144 valence electrons. The minimum atomic E-state index is -3.86. The van der Waals surface area contributed by atoms with E-state index < -0.39 is 10.0 Å². The molecule has 28 heavy (non-hydrogen) atoms. The first kappa shape index (κ1) is 18.7. The molecular formula is C21H18ClNO4S. The summed E-state index contributed by atoms with van der Waals surface area (Å²) in [6.07, 6.45) is 0. The lowest BCUT2D eigenvalue weighted by atomic mass is 10.2. The van der Waals surface area contributed by atoms with E-state index in [1.165, 1.54) is 16.4 Å². The monoisotopic (exact) mass is 415 g/mol. The van der Waals surface area contributed by atoms with Gasteiger partial charge in [0, 0.05) is 11.1 Å². The SMILES string of the molecule is O=S(=O)(c1ccc2c(c1)OCCO2)N(Cc1ccccc1)c1cccc(Cl)c1. The van der Waals surface area contributed by atoms with E-state index in [-0.39, 0.29) is 11.4 Å². The zero-order valence-electron chi connectivity index (χ0n) is 14.9. The second kappa shape index (κ2) is 7.73. The first-order chi connectivity index (χ1) is 13.5. The lowest BCUT2D eigenvalue weighted by Crippen LogP contribution is -2.30. The Hall–Kier alpha value is -2.70. The van der Waals surface area contributed by atoms with Crippen molar-refractivity contribution in [3.8, 4) is 11.5 Å². The second-order valence-electron chi connectivity index (χ2n) is 6.28. The predicted molar refractivity (Wildman–Crippen MR) is 109 cm³/mol. The maximum atomic E-state index is 13.5. The molecular weight excluding hydrogens is 398 g/mol. The molecule has 4 rings (SSSR count). The molecule has 0 saturated heterocycles. The summed E-state index contributed by atoms with van der Waals surface area (Å²) in [5, 5.41) is 0.466. The number of ether oxygens (including phenoxy) is 2. The highest BCUT2D eigenvalue weighted by Gasteiger charge is 2.27. The summed E-state index contributed by atoms with van der Waals surface area (Å²) >= 11 is 6.12. The number of benzene rings is 3. The molecule has 0 spiro atoms. The molecule has 1 heterocycles. The fourth-order valence-electron chi connectivity index (χ4n) is 3.01. The van der Waals surface area contributed by atoms with Gasteiger partial charge in [-0.1, -0.05) is 48.0 Å². The maximum Gasteiger partial charge on any atom is 0.264 e. The van der Waals surface area contributed by atoms with Gasteiger partial charge in [0.1, 0.15) is 13.2 Å². The molecule has 0 atom stereocenters. The third-order valence-electron chi connectivity index (χ3n) is 4.37. The molecule has 7 heteroatoms. The van der Waals surface area contributed by atoms with E-state index in [4.69, 9.17) is 21.1 Å². The normalized spacial score (nSPS) is 13.2. The summed E-state index contributed by atoms with van der Waals surface area (Å²) in [6.45, 7) is 1.01. The highest BCUT2D eigenvalue weighted by Crippen LogP contribution is 2.35. The zero-order valence-corrected chi connectivity index (χ0v) is 16.5. The van der Waals surface area contributed by atoms with Crippen molar-refractivity contribution in [3.05, 3.63) is 83.4 Å². The van der Waals surface area contributed by atoms with Gasteiger partial charge in [-0.2, -0.15) is 0 Å². The van der Waals surface area contributed by atoms with Gasteiger partial charge in [-0.3, -0.25) is 4.31 Å². The number of anilines is 1. The molecule has 0 amide bonds. The first-order valence-corrected chi connectivity index (χ1v) is 10.6. The lowest BCUT2D eigenvalue weighted by molar-refractivity contribution is 0.171. The Labute approximate surface area is 169 Å². The van der Waals surface area contributed by atoms with Crippen LogP contribution in [-0.4, -0.2) is 21.6 Å². The van der Waals surface area contributed by atoms with Crippen LogP contribution < -0.4 is 13.8 Å². The average Bonchev–Trinajstić information content (AvgIpc) is 2.72. The lowest BCUT2D eigenvalue weighted by Gasteiger charge is -2.26. The van der Waals surface area contributed by atoms with E-state index in [2.05, 4.69) is 0 Å². The van der Waals surface area contributed by atoms with Crippen molar-refractivity contribution in [1.82, 2.24) is 0 Å². The molecule has 0 N–H and O–H groups in total. The van der Waals surface area contributed by atoms with Crippen molar-refractivity contribution < 1.29 is 17.9 Å². The standard InChI is InChI=1S/C21H18ClNO4S/c22-17-7-4-8-18(13-17)23(15-16-5-2-1-3-6-16)28(24,25)19-9-10-20-21(14-19)27-12-11-26-20/h1-10,13-14H,11-12,15H2. The first-order valence-electron chi connectivity index (χ1n) is 8.76. The van der Waals surface area contributed by atoms with E-state index in [9.17, 15) is 8.42 Å². The Morgan fingerprint density at radius 2 is 1.61 bits per heavy atom. The summed E-state index contributed by atoms with van der Waals surface area (Å²) in [7, 11) is -3.86. The molecule has 0 bridgehead atoms. The van der Waals surface area contributed by atoms with Gasteiger partial charge in [0.2, 0.25) is 0 Å². The van der Waals surface area contributed by atoms with Gasteiger partial charge >= 0.3 is 0 Å². The summed E-state index contributed by atoms with van der Waals surface area (Å²) in [5.74, 6) is 0.973. The summed E-state index contributed by atoms with van der Waals surface area (Å²) in [4.78, 5) is 0.132. The predicted octanol–water partition coefficient (Wildman–Crippen LogP) is 4.51. The zero-order chi connectivity index (χ0) is 19.6. The molecule has 0 aromatic heterocycles. The summed E-state index contributed by atoms with van der Waals surface area (Å²) < 4.78 is 39.4. The third-order valence-corrected chi connectivity index (χ3v) is 6.37. The van der Waals surface area contributed by atoms with E-state index in [0.717, 1.165) is 5.56 Å². The van der Waals surface area contributed by atoms with E-state index in [1.807, 2.05) is 30.3 Å². The Bertz CT molecular complexity index is 1090. The Balaban J connectivity index is 1.78. The fraction of sp³-hybridized carbons (Fsp3) is 0.143. The molecule has 3 aromatic carbocycles. The summed E-state index contributed by atoms with van der Waals surface area (Å²) in [5.41, 5.74) is 1.36. The highest BCUT2D eigenvalue weighted by molar-refractivity contribution is 7.92. The minimum Gasteiger partial charge on any atom is -0.486 e. The van der Waals surface area contributed by atoms with Crippen LogP contribution in [0.3, 0.4) is 0 Å². The molecule has 5 nitrogen and oxygen atoms in total. The third kappa shape index (κ3) is 3.79. The van der Waals surface area contributed by atoms with Crippen LogP contribution in [0, 0.1) is 0 Å². The largest absolute Gasteiger partial charge is 0.486 e. The van der Waals surface area contributed by atoms with Gasteiger partial charge in [0.15, 0.2) is 11.5 Å². The average molecular weight is 416 g/mol. The van der Waals surface area contributed by atoms with Crippen LogP contribution in [0.5, 0.6) is 11.5 Å². The van der Waals surface area contributed by atoms with Gasteiger partial charge < -0.3 is 9.47 Å². The topological polar surface area (TPSA) is 55.8 Å². The summed E-state index contributed by atoms with van der Waals surface area (Å²) in [6, 6.07) is 20.9. The van der Waals surface area contributed by atoms with E-state index in [0.29, 0.717) is 35.4 Å². The van der Waals surface area contributed by atoms with Crippen molar-refractivity contribution in [2.24, 2.45) is 0 Å². The number of fused-ring (bicyclic) bond motifs is 1. The molecule has 1 aliphatic heterocycles. The maximum absolute atomic E-state index is 13.5. The Kier molecular flexibility index (Phi) is 5.15.